The van der Waals surface area contributed by atoms with Crippen LogP contribution >= 0.6 is 0 Å². The lowest BCUT2D eigenvalue weighted by molar-refractivity contribution is 0.350. The maximum atomic E-state index is 12.2. The minimum atomic E-state index is -3.72. The van der Waals surface area contributed by atoms with Gasteiger partial charge >= 0.3 is 0 Å². The van der Waals surface area contributed by atoms with Crippen LogP contribution in [0.3, 0.4) is 0 Å². The fourth-order valence-corrected chi connectivity index (χ4v) is 2.52. The van der Waals surface area contributed by atoms with E-state index in [2.05, 4.69) is 26.5 Å². The van der Waals surface area contributed by atoms with Crippen molar-refractivity contribution in [1.82, 2.24) is 9.97 Å². The Hall–Kier alpha value is -2.43. The second kappa shape index (κ2) is 6.14. The van der Waals surface area contributed by atoms with E-state index in [-0.39, 0.29) is 17.2 Å². The van der Waals surface area contributed by atoms with Crippen LogP contribution in [-0.4, -0.2) is 30.1 Å². The molecule has 0 amide bonds. The van der Waals surface area contributed by atoms with Gasteiger partial charge in [0.05, 0.1) is 23.0 Å². The fourth-order valence-electron chi connectivity index (χ4n) is 1.45. The van der Waals surface area contributed by atoms with E-state index in [0.29, 0.717) is 5.56 Å². The molecule has 2 N–H and O–H groups in total. The lowest BCUT2D eigenvalue weighted by Gasteiger charge is -2.07. The number of sulfonamides is 1. The molecule has 0 spiro atoms. The van der Waals surface area contributed by atoms with Crippen molar-refractivity contribution in [3.63, 3.8) is 0 Å². The lowest BCUT2D eigenvalue weighted by Crippen LogP contribution is -2.13. The molecule has 0 fully saturated rings. The van der Waals surface area contributed by atoms with Crippen molar-refractivity contribution in [2.24, 2.45) is 0 Å². The molecule has 0 saturated heterocycles. The number of hydrogen-bond acceptors (Lipinski definition) is 5. The average molecular weight is 289 g/mol. The Labute approximate surface area is 116 Å². The predicted octanol–water partition coefficient (Wildman–Crippen LogP) is 0.621. The van der Waals surface area contributed by atoms with Crippen LogP contribution in [0.5, 0.6) is 0 Å². The second-order valence-electron chi connectivity index (χ2n) is 3.72. The van der Waals surface area contributed by atoms with Crippen LogP contribution < -0.4 is 4.72 Å². The maximum absolute atomic E-state index is 12.2. The molecule has 1 aromatic heterocycles. The number of nitrogens with zero attached hydrogens (tertiary/aromatic N) is 2. The Morgan fingerprint density at radius 3 is 2.70 bits per heavy atom. The first kappa shape index (κ1) is 14.0. The Morgan fingerprint density at radius 2 is 2.00 bits per heavy atom. The highest BCUT2D eigenvalue weighted by Gasteiger charge is 2.14. The van der Waals surface area contributed by atoms with Gasteiger partial charge in [0.2, 0.25) is 0 Å². The zero-order valence-electron chi connectivity index (χ0n) is 10.3. The molecule has 0 saturated carbocycles. The number of nitrogens with one attached hydrogen (secondary N) is 1. The van der Waals surface area contributed by atoms with Crippen LogP contribution in [0, 0.1) is 11.8 Å². The van der Waals surface area contributed by atoms with Gasteiger partial charge in [0.1, 0.15) is 12.9 Å². The molecule has 0 unspecified atom stereocenters. The highest BCUT2D eigenvalue weighted by molar-refractivity contribution is 7.92. The van der Waals surface area contributed by atoms with Gasteiger partial charge in [-0.15, -0.1) is 0 Å². The molecule has 1 aromatic carbocycles. The monoisotopic (exact) mass is 289 g/mol. The maximum Gasteiger partial charge on any atom is 0.262 e. The zero-order chi connectivity index (χ0) is 14.4. The van der Waals surface area contributed by atoms with E-state index in [9.17, 15) is 8.42 Å². The van der Waals surface area contributed by atoms with Crippen molar-refractivity contribution in [3.05, 3.63) is 48.5 Å². The molecular weight excluding hydrogens is 278 g/mol. The van der Waals surface area contributed by atoms with Crippen molar-refractivity contribution < 1.29 is 13.5 Å². The molecule has 1 heterocycles. The van der Waals surface area contributed by atoms with Gasteiger partial charge in [-0.25, -0.2) is 18.4 Å². The third-order valence-electron chi connectivity index (χ3n) is 2.27. The topological polar surface area (TPSA) is 92.2 Å². The third kappa shape index (κ3) is 3.54. The van der Waals surface area contributed by atoms with Gasteiger partial charge in [-0.05, 0) is 18.2 Å². The number of aliphatic hydroxyl groups excluding tert-OH is 1. The first-order chi connectivity index (χ1) is 9.62. The van der Waals surface area contributed by atoms with E-state index in [1.54, 1.807) is 12.1 Å². The van der Waals surface area contributed by atoms with E-state index < -0.39 is 10.0 Å². The van der Waals surface area contributed by atoms with Crippen molar-refractivity contribution >= 4 is 15.7 Å². The summed E-state index contributed by atoms with van der Waals surface area (Å²) >= 11 is 0. The fraction of sp³-hybridized carbons (Fsp3) is 0.0769. The molecular formula is C13H11N3O3S. The Balaban J connectivity index is 2.30. The van der Waals surface area contributed by atoms with Crippen LogP contribution in [0.4, 0.5) is 5.69 Å². The van der Waals surface area contributed by atoms with E-state index in [1.165, 1.54) is 30.9 Å². The minimum Gasteiger partial charge on any atom is -0.384 e. The van der Waals surface area contributed by atoms with Gasteiger partial charge in [0, 0.05) is 5.56 Å². The van der Waals surface area contributed by atoms with Gasteiger partial charge < -0.3 is 5.11 Å². The number of rotatable bonds is 3. The van der Waals surface area contributed by atoms with Gasteiger partial charge in [0.15, 0.2) is 0 Å². The smallest absolute Gasteiger partial charge is 0.262 e. The van der Waals surface area contributed by atoms with Gasteiger partial charge in [-0.1, -0.05) is 17.9 Å². The van der Waals surface area contributed by atoms with E-state index >= 15 is 0 Å². The van der Waals surface area contributed by atoms with Crippen LogP contribution in [0.15, 0.2) is 47.9 Å². The molecule has 0 atom stereocenters. The van der Waals surface area contributed by atoms with Crippen LogP contribution in [-0.2, 0) is 10.0 Å². The molecule has 0 aliphatic heterocycles. The number of aromatic nitrogens is 2. The standard InChI is InChI=1S/C13H11N3O3S/c17-6-2-4-11-3-1-5-13(7-11)20(18,19)16-12-8-14-10-15-9-12/h1,3,5,7-10,16-17H,6H2. The van der Waals surface area contributed by atoms with Gasteiger partial charge in [-0.2, -0.15) is 0 Å². The molecule has 6 nitrogen and oxygen atoms in total. The third-order valence-corrected chi connectivity index (χ3v) is 3.65. The van der Waals surface area contributed by atoms with Crippen molar-refractivity contribution in [2.45, 2.75) is 4.90 Å². The second-order valence-corrected chi connectivity index (χ2v) is 5.40. The highest BCUT2D eigenvalue weighted by atomic mass is 32.2. The highest BCUT2D eigenvalue weighted by Crippen LogP contribution is 2.15. The summed E-state index contributed by atoms with van der Waals surface area (Å²) in [7, 11) is -3.72. The zero-order valence-corrected chi connectivity index (χ0v) is 11.1. The van der Waals surface area contributed by atoms with Crippen LogP contribution in [0.2, 0.25) is 0 Å². The number of anilines is 1. The average Bonchev–Trinajstić information content (AvgIpc) is 2.46. The molecule has 0 aliphatic rings. The molecule has 2 rings (SSSR count). The Bertz CT molecular complexity index is 749. The molecule has 0 radical (unpaired) electrons. The lowest BCUT2D eigenvalue weighted by atomic mass is 10.2. The Morgan fingerprint density at radius 1 is 1.25 bits per heavy atom. The SMILES string of the molecule is O=S(=O)(Nc1cncnc1)c1cccc(C#CCO)c1. The van der Waals surface area contributed by atoms with Gasteiger partial charge in [-0.3, -0.25) is 4.72 Å². The van der Waals surface area contributed by atoms with Crippen LogP contribution in [0.25, 0.3) is 0 Å². The number of aliphatic hydroxyl groups is 1. The normalized spacial score (nSPS) is 10.4. The van der Waals surface area contributed by atoms with E-state index in [4.69, 9.17) is 5.11 Å². The predicted molar refractivity (Wildman–Crippen MR) is 73.2 cm³/mol. The summed E-state index contributed by atoms with van der Waals surface area (Å²) in [6.45, 7) is -0.281. The summed E-state index contributed by atoms with van der Waals surface area (Å²) < 4.78 is 26.7. The van der Waals surface area contributed by atoms with E-state index in [1.807, 2.05) is 0 Å². The number of benzene rings is 1. The first-order valence-corrected chi connectivity index (χ1v) is 7.08. The molecule has 7 heteroatoms. The quantitative estimate of drug-likeness (QED) is 0.808. The summed E-state index contributed by atoms with van der Waals surface area (Å²) in [5.41, 5.74) is 0.783. The first-order valence-electron chi connectivity index (χ1n) is 5.59. The summed E-state index contributed by atoms with van der Waals surface area (Å²) in [6.07, 6.45) is 4.03. The minimum absolute atomic E-state index is 0.0751. The molecule has 0 aliphatic carbocycles. The Kier molecular flexibility index (Phi) is 4.30. The summed E-state index contributed by atoms with van der Waals surface area (Å²) in [4.78, 5) is 7.54. The van der Waals surface area contributed by atoms with Crippen LogP contribution in [0.1, 0.15) is 5.56 Å². The van der Waals surface area contributed by atoms with E-state index in [0.717, 1.165) is 0 Å². The van der Waals surface area contributed by atoms with Crippen molar-refractivity contribution in [3.8, 4) is 11.8 Å². The molecule has 102 valence electrons. The van der Waals surface area contributed by atoms with Crippen molar-refractivity contribution in [2.75, 3.05) is 11.3 Å². The number of hydrogen-bond donors (Lipinski definition) is 2. The molecule has 2 aromatic rings. The molecule has 0 bridgehead atoms. The summed E-state index contributed by atoms with van der Waals surface area (Å²) in [6, 6.07) is 6.12. The summed E-state index contributed by atoms with van der Waals surface area (Å²) in [5, 5.41) is 8.63. The van der Waals surface area contributed by atoms with Gasteiger partial charge in [0.25, 0.3) is 10.0 Å². The molecule has 20 heavy (non-hydrogen) atoms. The van der Waals surface area contributed by atoms with Crippen molar-refractivity contribution in [1.29, 1.82) is 0 Å². The summed E-state index contributed by atoms with van der Waals surface area (Å²) in [5.74, 6) is 5.12. The largest absolute Gasteiger partial charge is 0.384 e.